The predicted octanol–water partition coefficient (Wildman–Crippen LogP) is 2.18. The summed E-state index contributed by atoms with van der Waals surface area (Å²) in [7, 11) is 0. The van der Waals surface area contributed by atoms with E-state index in [4.69, 9.17) is 5.84 Å². The molecule has 96 valence electrons. The summed E-state index contributed by atoms with van der Waals surface area (Å²) in [6.07, 6.45) is 3.88. The van der Waals surface area contributed by atoms with E-state index in [2.05, 4.69) is 35.8 Å². The van der Waals surface area contributed by atoms with Crippen molar-refractivity contribution >= 4 is 11.8 Å². The molecule has 0 radical (unpaired) electrons. The van der Waals surface area contributed by atoms with Gasteiger partial charge < -0.3 is 0 Å². The van der Waals surface area contributed by atoms with Crippen LogP contribution in [0.5, 0.6) is 0 Å². The Balaban J connectivity index is 2.45. The predicted molar refractivity (Wildman–Crippen MR) is 75.3 cm³/mol. The van der Waals surface area contributed by atoms with Crippen molar-refractivity contribution in [2.75, 3.05) is 6.26 Å². The average Bonchev–Trinajstić information content (AvgIpc) is 2.88. The zero-order chi connectivity index (χ0) is 13.0. The zero-order valence-corrected chi connectivity index (χ0v) is 11.4. The normalized spacial score (nSPS) is 12.6. The van der Waals surface area contributed by atoms with E-state index in [9.17, 15) is 0 Å². The molecule has 0 bridgehead atoms. The molecule has 1 atom stereocenters. The molecule has 2 aromatic rings. The lowest BCUT2D eigenvalue weighted by atomic mass is 10.0. The van der Waals surface area contributed by atoms with E-state index in [0.717, 1.165) is 12.2 Å². The van der Waals surface area contributed by atoms with Gasteiger partial charge in [-0.05, 0) is 30.9 Å². The van der Waals surface area contributed by atoms with Crippen molar-refractivity contribution in [2.45, 2.75) is 24.4 Å². The van der Waals surface area contributed by atoms with Crippen molar-refractivity contribution in [3.05, 3.63) is 47.8 Å². The zero-order valence-electron chi connectivity index (χ0n) is 10.6. The molecule has 0 aliphatic carbocycles. The Morgan fingerprint density at radius 3 is 2.83 bits per heavy atom. The highest BCUT2D eigenvalue weighted by Gasteiger charge is 2.18. The monoisotopic (exact) mass is 262 g/mol. The number of benzene rings is 1. The Morgan fingerprint density at radius 2 is 2.17 bits per heavy atom. The third-order valence-electron chi connectivity index (χ3n) is 2.96. The van der Waals surface area contributed by atoms with Gasteiger partial charge in [0.05, 0.1) is 11.7 Å². The maximum absolute atomic E-state index is 5.74. The lowest BCUT2D eigenvalue weighted by Crippen LogP contribution is -2.31. The Labute approximate surface area is 112 Å². The second-order valence-electron chi connectivity index (χ2n) is 3.91. The fraction of sp³-hybridized carbons (Fsp3) is 0.308. The van der Waals surface area contributed by atoms with Crippen molar-refractivity contribution in [1.82, 2.24) is 15.2 Å². The van der Waals surface area contributed by atoms with E-state index in [1.165, 1.54) is 10.5 Å². The number of hydrogen-bond acceptors (Lipinski definition) is 4. The number of nitrogens with two attached hydrogens (primary N) is 1. The Hall–Kier alpha value is -1.30. The number of rotatable bonds is 5. The number of nitrogens with zero attached hydrogens (tertiary/aromatic N) is 2. The number of hydrogen-bond donors (Lipinski definition) is 2. The fourth-order valence-electron chi connectivity index (χ4n) is 2.09. The molecule has 5 heteroatoms. The maximum atomic E-state index is 5.74. The molecule has 3 N–H and O–H groups in total. The van der Waals surface area contributed by atoms with Gasteiger partial charge in [-0.15, -0.1) is 11.8 Å². The maximum Gasteiger partial charge on any atom is 0.0889 e. The van der Waals surface area contributed by atoms with Crippen LogP contribution in [0.1, 0.15) is 24.2 Å². The highest BCUT2D eigenvalue weighted by molar-refractivity contribution is 7.98. The van der Waals surface area contributed by atoms with Gasteiger partial charge in [-0.2, -0.15) is 5.10 Å². The molecule has 0 fully saturated rings. The van der Waals surface area contributed by atoms with Gasteiger partial charge in [-0.25, -0.2) is 5.43 Å². The minimum absolute atomic E-state index is 0.0314. The van der Waals surface area contributed by atoms with Crippen LogP contribution in [-0.4, -0.2) is 16.0 Å². The van der Waals surface area contributed by atoms with E-state index >= 15 is 0 Å². The van der Waals surface area contributed by atoms with Gasteiger partial charge in [0, 0.05) is 17.6 Å². The van der Waals surface area contributed by atoms with Crippen LogP contribution in [-0.2, 0) is 6.54 Å². The first-order chi connectivity index (χ1) is 8.81. The van der Waals surface area contributed by atoms with Crippen LogP contribution in [0.2, 0.25) is 0 Å². The van der Waals surface area contributed by atoms with Crippen LogP contribution in [0.15, 0.2) is 41.4 Å². The lowest BCUT2D eigenvalue weighted by molar-refractivity contribution is 0.539. The first-order valence-electron chi connectivity index (χ1n) is 5.92. The van der Waals surface area contributed by atoms with Gasteiger partial charge in [-0.1, -0.05) is 18.2 Å². The third-order valence-corrected chi connectivity index (χ3v) is 3.77. The summed E-state index contributed by atoms with van der Waals surface area (Å²) in [6, 6.07) is 10.3. The van der Waals surface area contributed by atoms with Crippen molar-refractivity contribution < 1.29 is 0 Å². The molecule has 1 aromatic carbocycles. The van der Waals surface area contributed by atoms with Crippen molar-refractivity contribution in [3.8, 4) is 0 Å². The van der Waals surface area contributed by atoms with Crippen molar-refractivity contribution in [3.63, 3.8) is 0 Å². The Kier molecular flexibility index (Phi) is 4.41. The molecular weight excluding hydrogens is 244 g/mol. The molecule has 0 saturated heterocycles. The largest absolute Gasteiger partial charge is 0.271 e. The molecule has 0 spiro atoms. The van der Waals surface area contributed by atoms with Crippen LogP contribution in [0.3, 0.4) is 0 Å². The molecule has 4 nitrogen and oxygen atoms in total. The van der Waals surface area contributed by atoms with Gasteiger partial charge in [0.1, 0.15) is 0 Å². The summed E-state index contributed by atoms with van der Waals surface area (Å²) in [5.41, 5.74) is 5.16. The highest BCUT2D eigenvalue weighted by Crippen LogP contribution is 2.29. The second-order valence-corrected chi connectivity index (χ2v) is 4.76. The van der Waals surface area contributed by atoms with E-state index in [0.29, 0.717) is 0 Å². The summed E-state index contributed by atoms with van der Waals surface area (Å²) in [5.74, 6) is 5.74. The standard InChI is InChI=1S/C13H18N4S/c1-3-17-11(8-9-15-17)13(16-14)10-6-4-5-7-12(10)18-2/h4-9,13,16H,3,14H2,1-2H3. The van der Waals surface area contributed by atoms with Gasteiger partial charge in [0.15, 0.2) is 0 Å². The van der Waals surface area contributed by atoms with E-state index < -0.39 is 0 Å². The number of aromatic nitrogens is 2. The fourth-order valence-corrected chi connectivity index (χ4v) is 2.73. The van der Waals surface area contributed by atoms with Crippen molar-refractivity contribution in [1.29, 1.82) is 0 Å². The molecule has 0 amide bonds. The number of nitrogens with one attached hydrogen (secondary N) is 1. The van der Waals surface area contributed by atoms with E-state index in [1.807, 2.05) is 29.1 Å². The molecule has 1 aromatic heterocycles. The molecule has 2 rings (SSSR count). The first-order valence-corrected chi connectivity index (χ1v) is 7.15. The molecule has 0 aliphatic heterocycles. The highest BCUT2D eigenvalue weighted by atomic mass is 32.2. The summed E-state index contributed by atoms with van der Waals surface area (Å²) in [6.45, 7) is 2.91. The Morgan fingerprint density at radius 1 is 1.39 bits per heavy atom. The van der Waals surface area contributed by atoms with Crippen LogP contribution in [0.4, 0.5) is 0 Å². The summed E-state index contributed by atoms with van der Waals surface area (Å²) < 4.78 is 1.96. The molecular formula is C13H18N4S. The van der Waals surface area contributed by atoms with Crippen LogP contribution in [0.25, 0.3) is 0 Å². The molecule has 18 heavy (non-hydrogen) atoms. The van der Waals surface area contributed by atoms with Crippen LogP contribution < -0.4 is 11.3 Å². The van der Waals surface area contributed by atoms with Gasteiger partial charge in [0.25, 0.3) is 0 Å². The molecule has 0 saturated carbocycles. The number of thioether (sulfide) groups is 1. The van der Waals surface area contributed by atoms with E-state index in [1.54, 1.807) is 11.8 Å². The Bertz CT molecular complexity index is 509. The lowest BCUT2D eigenvalue weighted by Gasteiger charge is -2.20. The van der Waals surface area contributed by atoms with Crippen molar-refractivity contribution in [2.24, 2.45) is 5.84 Å². The SMILES string of the molecule is CCn1nccc1C(NN)c1ccccc1SC. The average molecular weight is 262 g/mol. The van der Waals surface area contributed by atoms with E-state index in [-0.39, 0.29) is 6.04 Å². The quantitative estimate of drug-likeness (QED) is 0.492. The van der Waals surface area contributed by atoms with Gasteiger partial charge in [-0.3, -0.25) is 10.5 Å². The minimum atomic E-state index is -0.0314. The van der Waals surface area contributed by atoms with Crippen LogP contribution in [0, 0.1) is 0 Å². The smallest absolute Gasteiger partial charge is 0.0889 e. The topological polar surface area (TPSA) is 55.9 Å². The first kappa shape index (κ1) is 13.1. The summed E-state index contributed by atoms with van der Waals surface area (Å²) in [4.78, 5) is 1.23. The third kappa shape index (κ3) is 2.43. The molecule has 1 unspecified atom stereocenters. The van der Waals surface area contributed by atoms with Crippen LogP contribution >= 0.6 is 11.8 Å². The summed E-state index contributed by atoms with van der Waals surface area (Å²) >= 11 is 1.72. The van der Waals surface area contributed by atoms with Gasteiger partial charge >= 0.3 is 0 Å². The van der Waals surface area contributed by atoms with Gasteiger partial charge in [0.2, 0.25) is 0 Å². The number of hydrazine groups is 1. The molecule has 0 aliphatic rings. The second kappa shape index (κ2) is 6.04. The number of aryl methyl sites for hydroxylation is 1. The summed E-state index contributed by atoms with van der Waals surface area (Å²) in [5, 5.41) is 4.30. The minimum Gasteiger partial charge on any atom is -0.271 e. The molecule has 1 heterocycles.